The third kappa shape index (κ3) is 1.32. The van der Waals surface area contributed by atoms with Gasteiger partial charge in [0.25, 0.3) is 0 Å². The zero-order chi connectivity index (χ0) is 10.1. The number of primary amides is 1. The molecule has 0 radical (unpaired) electrons. The van der Waals surface area contributed by atoms with Crippen molar-refractivity contribution in [3.8, 4) is 0 Å². The van der Waals surface area contributed by atoms with E-state index in [9.17, 15) is 9.18 Å². The number of nitrogens with zero attached hydrogens (tertiary/aromatic N) is 1. The van der Waals surface area contributed by atoms with E-state index in [1.807, 2.05) is 0 Å². The van der Waals surface area contributed by atoms with Crippen LogP contribution in [-0.2, 0) is 6.67 Å². The van der Waals surface area contributed by atoms with Crippen LogP contribution >= 0.6 is 0 Å². The molecule has 0 saturated carbocycles. The highest BCUT2D eigenvalue weighted by Gasteiger charge is 2.22. The van der Waals surface area contributed by atoms with Crippen molar-refractivity contribution in [3.63, 3.8) is 0 Å². The number of benzene rings is 1. The Balaban J connectivity index is 2.58. The average Bonchev–Trinajstić information content (AvgIpc) is 2.99. The van der Waals surface area contributed by atoms with Crippen molar-refractivity contribution in [1.29, 1.82) is 0 Å². The van der Waals surface area contributed by atoms with Gasteiger partial charge < -0.3 is 5.73 Å². The molecule has 1 amide bonds. The van der Waals surface area contributed by atoms with Crippen LogP contribution in [0.15, 0.2) is 23.3 Å². The van der Waals surface area contributed by atoms with E-state index in [-0.39, 0.29) is 0 Å². The lowest BCUT2D eigenvalue weighted by Gasteiger charge is -2.05. The number of nitrogens with two attached hydrogens (primary N) is 1. The summed E-state index contributed by atoms with van der Waals surface area (Å²) in [5.41, 5.74) is 8.94. The van der Waals surface area contributed by atoms with Crippen LogP contribution < -0.4 is 11.2 Å². The molecule has 0 bridgehead atoms. The SMILES string of the molecule is NC(=O)c1cccc(CF)c1C1=NN1. The van der Waals surface area contributed by atoms with Crippen LogP contribution in [0.3, 0.4) is 0 Å². The Kier molecular flexibility index (Phi) is 1.92. The summed E-state index contributed by atoms with van der Waals surface area (Å²) in [6, 6.07) is 4.76. The van der Waals surface area contributed by atoms with E-state index < -0.39 is 12.6 Å². The molecule has 1 aliphatic heterocycles. The molecule has 0 atom stereocenters. The van der Waals surface area contributed by atoms with Crippen molar-refractivity contribution in [1.82, 2.24) is 5.43 Å². The van der Waals surface area contributed by atoms with E-state index >= 15 is 0 Å². The molecule has 0 spiro atoms. The quantitative estimate of drug-likeness (QED) is 0.734. The van der Waals surface area contributed by atoms with Crippen molar-refractivity contribution in [2.45, 2.75) is 6.67 Å². The van der Waals surface area contributed by atoms with Gasteiger partial charge in [0.1, 0.15) is 6.67 Å². The predicted octanol–water partition coefficient (Wildman–Crippen LogP) is 0.520. The Labute approximate surface area is 79.6 Å². The lowest BCUT2D eigenvalue weighted by molar-refractivity contribution is 0.1000. The first kappa shape index (κ1) is 8.68. The van der Waals surface area contributed by atoms with Crippen LogP contribution in [0, 0.1) is 0 Å². The third-order valence-electron chi connectivity index (χ3n) is 2.02. The van der Waals surface area contributed by atoms with Crippen LogP contribution in [0.5, 0.6) is 0 Å². The maximum atomic E-state index is 12.6. The first-order chi connectivity index (χ1) is 6.74. The highest BCUT2D eigenvalue weighted by atomic mass is 19.1. The monoisotopic (exact) mass is 193 g/mol. The summed E-state index contributed by atoms with van der Waals surface area (Å²) in [7, 11) is 0. The standard InChI is InChI=1S/C9H8FN3O/c10-4-5-2-1-3-6(8(11)14)7(5)9-12-13-9/h1-3H,4H2,(H2,11,14)(H,12,13). The predicted molar refractivity (Wildman–Crippen MR) is 49.4 cm³/mol. The number of amides is 1. The number of nitrogens with one attached hydrogen (secondary N) is 1. The first-order valence-corrected chi connectivity index (χ1v) is 4.05. The van der Waals surface area contributed by atoms with Crippen molar-refractivity contribution < 1.29 is 9.18 Å². The summed E-state index contributed by atoms with van der Waals surface area (Å²) in [5.74, 6) is -0.0567. The van der Waals surface area contributed by atoms with Crippen molar-refractivity contribution in [2.24, 2.45) is 10.8 Å². The maximum absolute atomic E-state index is 12.6. The number of alkyl halides is 1. The van der Waals surface area contributed by atoms with E-state index in [1.165, 1.54) is 0 Å². The molecule has 2 rings (SSSR count). The minimum atomic E-state index is -0.642. The minimum absolute atomic E-state index is 0.295. The minimum Gasteiger partial charge on any atom is -0.366 e. The van der Waals surface area contributed by atoms with Crippen LogP contribution in [0.1, 0.15) is 21.5 Å². The number of halogens is 1. The molecule has 1 heterocycles. The number of hydrazone groups is 1. The van der Waals surface area contributed by atoms with Crippen molar-refractivity contribution in [3.05, 3.63) is 34.9 Å². The van der Waals surface area contributed by atoms with Gasteiger partial charge >= 0.3 is 0 Å². The fraction of sp³-hybridized carbons (Fsp3) is 0.111. The second-order valence-electron chi connectivity index (χ2n) is 2.91. The Morgan fingerprint density at radius 2 is 2.29 bits per heavy atom. The van der Waals surface area contributed by atoms with Crippen LogP contribution in [0.25, 0.3) is 0 Å². The van der Waals surface area contributed by atoms with Gasteiger partial charge in [-0.1, -0.05) is 12.1 Å². The Hall–Kier alpha value is -1.91. The number of hydrogen-bond donors (Lipinski definition) is 2. The summed E-state index contributed by atoms with van der Waals surface area (Å²) in [6.45, 7) is -0.642. The normalized spacial score (nSPS) is 13.1. The molecule has 1 aliphatic rings. The largest absolute Gasteiger partial charge is 0.366 e. The average molecular weight is 193 g/mol. The molecule has 1 aromatic carbocycles. The summed E-state index contributed by atoms with van der Waals surface area (Å²) in [4.78, 5) is 11.0. The molecular weight excluding hydrogens is 185 g/mol. The van der Waals surface area contributed by atoms with Gasteiger partial charge in [-0.05, 0) is 11.6 Å². The van der Waals surface area contributed by atoms with Crippen molar-refractivity contribution >= 4 is 11.7 Å². The summed E-state index contributed by atoms with van der Waals surface area (Å²) in [6.07, 6.45) is 0. The molecule has 72 valence electrons. The van der Waals surface area contributed by atoms with Crippen LogP contribution in [-0.4, -0.2) is 11.7 Å². The number of rotatable bonds is 3. The van der Waals surface area contributed by atoms with E-state index in [1.54, 1.807) is 18.2 Å². The fourth-order valence-corrected chi connectivity index (χ4v) is 1.34. The number of carbonyl (C=O) groups is 1. The highest BCUT2D eigenvalue weighted by molar-refractivity contribution is 6.13. The molecule has 5 heteroatoms. The highest BCUT2D eigenvalue weighted by Crippen LogP contribution is 2.19. The van der Waals surface area contributed by atoms with E-state index in [0.29, 0.717) is 22.5 Å². The van der Waals surface area contributed by atoms with Crippen LogP contribution in [0.2, 0.25) is 0 Å². The van der Waals surface area contributed by atoms with E-state index in [4.69, 9.17) is 5.73 Å². The molecule has 0 saturated heterocycles. The summed E-state index contributed by atoms with van der Waals surface area (Å²) in [5, 5.41) is 3.72. The molecule has 4 nitrogen and oxygen atoms in total. The number of hydrogen-bond acceptors (Lipinski definition) is 3. The molecule has 1 aromatic rings. The molecule has 3 N–H and O–H groups in total. The maximum Gasteiger partial charge on any atom is 0.249 e. The molecule has 0 unspecified atom stereocenters. The molecule has 0 aliphatic carbocycles. The first-order valence-electron chi connectivity index (χ1n) is 4.05. The molecular formula is C9H8FN3O. The fourth-order valence-electron chi connectivity index (χ4n) is 1.34. The number of amidine groups is 1. The molecule has 0 fully saturated rings. The topological polar surface area (TPSA) is 77.4 Å². The smallest absolute Gasteiger partial charge is 0.249 e. The second-order valence-corrected chi connectivity index (χ2v) is 2.91. The lowest BCUT2D eigenvalue weighted by atomic mass is 10.0. The summed E-state index contributed by atoms with van der Waals surface area (Å²) < 4.78 is 12.6. The summed E-state index contributed by atoms with van der Waals surface area (Å²) >= 11 is 0. The molecule has 14 heavy (non-hydrogen) atoms. The van der Waals surface area contributed by atoms with Crippen molar-refractivity contribution in [2.75, 3.05) is 0 Å². The van der Waals surface area contributed by atoms with Gasteiger partial charge in [-0.15, -0.1) is 0 Å². The third-order valence-corrected chi connectivity index (χ3v) is 2.02. The lowest BCUT2D eigenvalue weighted by Crippen LogP contribution is -2.17. The van der Waals surface area contributed by atoms with Gasteiger partial charge in [0, 0.05) is 5.56 Å². The van der Waals surface area contributed by atoms with Gasteiger partial charge in [-0.2, -0.15) is 5.10 Å². The van der Waals surface area contributed by atoms with E-state index in [0.717, 1.165) is 0 Å². The Morgan fingerprint density at radius 3 is 2.79 bits per heavy atom. The second kappa shape index (κ2) is 3.10. The van der Waals surface area contributed by atoms with Gasteiger partial charge in [0.15, 0.2) is 5.84 Å². The zero-order valence-electron chi connectivity index (χ0n) is 7.25. The zero-order valence-corrected chi connectivity index (χ0v) is 7.25. The number of carbonyl (C=O) groups excluding carboxylic acids is 1. The Morgan fingerprint density at radius 1 is 1.57 bits per heavy atom. The van der Waals surface area contributed by atoms with Gasteiger partial charge in [0.2, 0.25) is 5.91 Å². The van der Waals surface area contributed by atoms with Gasteiger partial charge in [0.05, 0.1) is 5.56 Å². The van der Waals surface area contributed by atoms with Gasteiger partial charge in [-0.3, -0.25) is 10.2 Å². The molecule has 0 aromatic heterocycles. The van der Waals surface area contributed by atoms with Crippen LogP contribution in [0.4, 0.5) is 4.39 Å². The van der Waals surface area contributed by atoms with Gasteiger partial charge in [-0.25, -0.2) is 4.39 Å². The van der Waals surface area contributed by atoms with E-state index in [2.05, 4.69) is 10.5 Å². The Bertz CT molecular complexity index is 428.